The normalized spacial score (nSPS) is 22.8. The summed E-state index contributed by atoms with van der Waals surface area (Å²) in [7, 11) is 1.88. The van der Waals surface area contributed by atoms with Gasteiger partial charge in [0, 0.05) is 51.7 Å². The third kappa shape index (κ3) is 4.68. The number of carbonyl (C=O) groups is 2. The second-order valence-corrected chi connectivity index (χ2v) is 6.24. The maximum Gasteiger partial charge on any atom is 0.248 e. The highest BCUT2D eigenvalue weighted by atomic mass is 16.5. The van der Waals surface area contributed by atoms with Crippen LogP contribution in [0.4, 0.5) is 0 Å². The van der Waals surface area contributed by atoms with E-state index in [0.717, 1.165) is 39.0 Å². The van der Waals surface area contributed by atoms with Crippen molar-refractivity contribution >= 4 is 11.8 Å². The summed E-state index contributed by atoms with van der Waals surface area (Å²) in [6.45, 7) is 6.25. The van der Waals surface area contributed by atoms with Gasteiger partial charge >= 0.3 is 0 Å². The van der Waals surface area contributed by atoms with E-state index in [1.165, 1.54) is 0 Å². The van der Waals surface area contributed by atoms with E-state index in [4.69, 9.17) is 9.47 Å². The molecule has 0 aromatic carbocycles. The first-order chi connectivity index (χ1) is 10.6. The smallest absolute Gasteiger partial charge is 0.248 e. The van der Waals surface area contributed by atoms with Crippen molar-refractivity contribution in [1.82, 2.24) is 9.80 Å². The van der Waals surface area contributed by atoms with Crippen molar-refractivity contribution in [2.24, 2.45) is 11.8 Å². The zero-order valence-electron chi connectivity index (χ0n) is 13.8. The number of carbonyl (C=O) groups excluding carboxylic acids is 2. The summed E-state index contributed by atoms with van der Waals surface area (Å²) >= 11 is 0. The lowest BCUT2D eigenvalue weighted by atomic mass is 9.95. The summed E-state index contributed by atoms with van der Waals surface area (Å²) < 4.78 is 10.5. The van der Waals surface area contributed by atoms with Gasteiger partial charge in [-0.3, -0.25) is 9.59 Å². The van der Waals surface area contributed by atoms with Crippen molar-refractivity contribution in [3.05, 3.63) is 0 Å². The molecule has 126 valence electrons. The second kappa shape index (κ2) is 8.48. The molecule has 0 saturated carbocycles. The van der Waals surface area contributed by atoms with Crippen molar-refractivity contribution < 1.29 is 19.1 Å². The molecule has 0 N–H and O–H groups in total. The maximum atomic E-state index is 12.5. The molecular formula is C16H28N2O4. The molecular weight excluding hydrogens is 284 g/mol. The Morgan fingerprint density at radius 3 is 2.59 bits per heavy atom. The van der Waals surface area contributed by atoms with Crippen LogP contribution in [-0.4, -0.2) is 74.7 Å². The topological polar surface area (TPSA) is 59.1 Å². The zero-order valence-corrected chi connectivity index (χ0v) is 13.8. The van der Waals surface area contributed by atoms with Crippen LogP contribution >= 0.6 is 0 Å². The van der Waals surface area contributed by atoms with E-state index in [1.54, 1.807) is 0 Å². The Balaban J connectivity index is 1.73. The summed E-state index contributed by atoms with van der Waals surface area (Å²) in [4.78, 5) is 28.0. The molecule has 2 aliphatic rings. The van der Waals surface area contributed by atoms with Gasteiger partial charge in [0.15, 0.2) is 0 Å². The molecule has 1 atom stereocenters. The monoisotopic (exact) mass is 312 g/mol. The minimum atomic E-state index is 0.0317. The molecule has 2 heterocycles. The Labute approximate surface area is 132 Å². The highest BCUT2D eigenvalue weighted by Crippen LogP contribution is 2.21. The van der Waals surface area contributed by atoms with Crippen LogP contribution in [0, 0.1) is 11.8 Å². The Kier molecular flexibility index (Phi) is 6.64. The van der Waals surface area contributed by atoms with E-state index in [0.29, 0.717) is 25.6 Å². The van der Waals surface area contributed by atoms with E-state index in [9.17, 15) is 9.59 Å². The summed E-state index contributed by atoms with van der Waals surface area (Å²) in [6, 6.07) is 0. The van der Waals surface area contributed by atoms with Gasteiger partial charge in [-0.1, -0.05) is 0 Å². The lowest BCUT2D eigenvalue weighted by Crippen LogP contribution is -2.45. The third-order valence-corrected chi connectivity index (χ3v) is 4.56. The molecule has 6 heteroatoms. The van der Waals surface area contributed by atoms with Crippen molar-refractivity contribution in [1.29, 1.82) is 0 Å². The summed E-state index contributed by atoms with van der Waals surface area (Å²) in [6.07, 6.45) is 2.55. The number of likely N-dealkylation sites (tertiary alicyclic amines) is 1. The average Bonchev–Trinajstić information content (AvgIpc) is 3.05. The van der Waals surface area contributed by atoms with Crippen LogP contribution in [0.3, 0.4) is 0 Å². The number of ether oxygens (including phenoxy) is 2. The molecule has 2 fully saturated rings. The summed E-state index contributed by atoms with van der Waals surface area (Å²) in [5.74, 6) is 0.762. The van der Waals surface area contributed by atoms with Crippen LogP contribution in [0.1, 0.15) is 26.2 Å². The molecule has 2 aliphatic heterocycles. The van der Waals surface area contributed by atoms with Gasteiger partial charge in [-0.25, -0.2) is 0 Å². The molecule has 2 saturated heterocycles. The second-order valence-electron chi connectivity index (χ2n) is 6.24. The van der Waals surface area contributed by atoms with Gasteiger partial charge in [0.25, 0.3) is 0 Å². The van der Waals surface area contributed by atoms with E-state index >= 15 is 0 Å². The fourth-order valence-electron chi connectivity index (χ4n) is 3.17. The van der Waals surface area contributed by atoms with E-state index < -0.39 is 0 Å². The van der Waals surface area contributed by atoms with Gasteiger partial charge in [0.05, 0.1) is 6.61 Å². The predicted octanol–water partition coefficient (Wildman–Crippen LogP) is 0.756. The molecule has 0 aliphatic carbocycles. The third-order valence-electron chi connectivity index (χ3n) is 4.56. The number of piperidine rings is 1. The van der Waals surface area contributed by atoms with Crippen molar-refractivity contribution in [2.75, 3.05) is 53.1 Å². The first kappa shape index (κ1) is 17.2. The highest BCUT2D eigenvalue weighted by molar-refractivity contribution is 5.80. The van der Waals surface area contributed by atoms with E-state index in [1.807, 2.05) is 23.8 Å². The van der Waals surface area contributed by atoms with Crippen LogP contribution in [0.5, 0.6) is 0 Å². The molecule has 0 aromatic heterocycles. The maximum absolute atomic E-state index is 12.5. The Bertz CT molecular complexity index is 374. The van der Waals surface area contributed by atoms with Crippen LogP contribution in [-0.2, 0) is 19.1 Å². The average molecular weight is 312 g/mol. The number of nitrogens with zero attached hydrogens (tertiary/aromatic N) is 2. The number of hydrogen-bond acceptors (Lipinski definition) is 4. The standard InChI is InChI=1S/C16H28N2O4/c1-3-21-12-15(19)18-7-4-14(5-8-18)16(20)17(2)10-13-6-9-22-11-13/h13-14H,3-12H2,1-2H3/t13-/m0/s1. The predicted molar refractivity (Wildman–Crippen MR) is 82.4 cm³/mol. The first-order valence-corrected chi connectivity index (χ1v) is 8.30. The number of hydrogen-bond donors (Lipinski definition) is 0. The minimum Gasteiger partial charge on any atom is -0.381 e. The Morgan fingerprint density at radius 2 is 2.00 bits per heavy atom. The molecule has 0 aromatic rings. The highest BCUT2D eigenvalue weighted by Gasteiger charge is 2.30. The van der Waals surface area contributed by atoms with Crippen molar-refractivity contribution in [3.8, 4) is 0 Å². The van der Waals surface area contributed by atoms with Gasteiger partial charge in [0.2, 0.25) is 11.8 Å². The lowest BCUT2D eigenvalue weighted by molar-refractivity contribution is -0.142. The van der Waals surface area contributed by atoms with Crippen LogP contribution in [0.2, 0.25) is 0 Å². The van der Waals surface area contributed by atoms with Gasteiger partial charge < -0.3 is 19.3 Å². The fourth-order valence-corrected chi connectivity index (χ4v) is 3.17. The summed E-state index contributed by atoms with van der Waals surface area (Å²) in [5.41, 5.74) is 0. The number of amides is 2. The van der Waals surface area contributed by atoms with E-state index in [2.05, 4.69) is 0 Å². The molecule has 0 unspecified atom stereocenters. The van der Waals surface area contributed by atoms with Gasteiger partial charge in [-0.15, -0.1) is 0 Å². The lowest BCUT2D eigenvalue weighted by Gasteiger charge is -2.33. The molecule has 2 rings (SSSR count). The zero-order chi connectivity index (χ0) is 15.9. The fraction of sp³-hybridized carbons (Fsp3) is 0.875. The van der Waals surface area contributed by atoms with Gasteiger partial charge in [0.1, 0.15) is 6.61 Å². The molecule has 6 nitrogen and oxygen atoms in total. The molecule has 2 amide bonds. The molecule has 0 bridgehead atoms. The van der Waals surface area contributed by atoms with Crippen LogP contribution in [0.25, 0.3) is 0 Å². The van der Waals surface area contributed by atoms with Gasteiger partial charge in [-0.05, 0) is 26.2 Å². The Morgan fingerprint density at radius 1 is 1.27 bits per heavy atom. The summed E-state index contributed by atoms with van der Waals surface area (Å²) in [5, 5.41) is 0. The molecule has 0 radical (unpaired) electrons. The quantitative estimate of drug-likeness (QED) is 0.726. The first-order valence-electron chi connectivity index (χ1n) is 8.30. The van der Waals surface area contributed by atoms with Crippen LogP contribution in [0.15, 0.2) is 0 Å². The van der Waals surface area contributed by atoms with Crippen LogP contribution < -0.4 is 0 Å². The van der Waals surface area contributed by atoms with E-state index in [-0.39, 0.29) is 24.3 Å². The molecule has 0 spiro atoms. The minimum absolute atomic E-state index is 0.0317. The Hall–Kier alpha value is -1.14. The van der Waals surface area contributed by atoms with Crippen molar-refractivity contribution in [2.45, 2.75) is 26.2 Å². The van der Waals surface area contributed by atoms with Gasteiger partial charge in [-0.2, -0.15) is 0 Å². The SMILES string of the molecule is CCOCC(=O)N1CCC(C(=O)N(C)C[C@@H]2CCOC2)CC1. The van der Waals surface area contributed by atoms with Crippen molar-refractivity contribution in [3.63, 3.8) is 0 Å². The largest absolute Gasteiger partial charge is 0.381 e. The molecule has 22 heavy (non-hydrogen) atoms. The number of rotatable bonds is 6.